The minimum absolute atomic E-state index is 0.0897. The molecule has 0 unspecified atom stereocenters. The van der Waals surface area contributed by atoms with Gasteiger partial charge in [0.05, 0.1) is 5.56 Å². The van der Waals surface area contributed by atoms with Gasteiger partial charge in [-0.2, -0.15) is 0 Å². The highest BCUT2D eigenvalue weighted by atomic mass is 16.4. The number of hydrogen-bond acceptors (Lipinski definition) is 2. The number of aromatic amines is 1. The van der Waals surface area contributed by atoms with Crippen molar-refractivity contribution in [2.75, 3.05) is 0 Å². The smallest absolute Gasteiger partial charge is 0.336 e. The lowest BCUT2D eigenvalue weighted by Gasteiger charge is -2.06. The Kier molecular flexibility index (Phi) is 2.41. The van der Waals surface area contributed by atoms with Crippen molar-refractivity contribution in [1.82, 2.24) is 4.98 Å². The van der Waals surface area contributed by atoms with Gasteiger partial charge in [-0.1, -0.05) is 12.2 Å². The van der Waals surface area contributed by atoms with E-state index in [0.717, 1.165) is 31.0 Å². The Balaban J connectivity index is 2.68. The summed E-state index contributed by atoms with van der Waals surface area (Å²) >= 11 is 0. The summed E-state index contributed by atoms with van der Waals surface area (Å²) in [7, 11) is 0. The van der Waals surface area contributed by atoms with Crippen LogP contribution in [0.5, 0.6) is 0 Å². The third-order valence-corrected chi connectivity index (χ3v) is 2.48. The minimum atomic E-state index is -1.05. The Morgan fingerprint density at radius 1 is 1.47 bits per heavy atom. The monoisotopic (exact) mass is 205 g/mol. The summed E-state index contributed by atoms with van der Waals surface area (Å²) in [6.45, 7) is 0. The number of aromatic carboxylic acids is 1. The second kappa shape index (κ2) is 3.73. The molecule has 1 aromatic rings. The van der Waals surface area contributed by atoms with Crippen LogP contribution < -0.4 is 5.56 Å². The summed E-state index contributed by atoms with van der Waals surface area (Å²) in [5.41, 5.74) is 1.11. The van der Waals surface area contributed by atoms with E-state index in [0.29, 0.717) is 5.56 Å². The number of carbonyl (C=O) groups is 1. The SMILES string of the molecule is O=C(O)c1cc(=O)[nH]c2c1C=CCCC2. The van der Waals surface area contributed by atoms with Gasteiger partial charge in [0.15, 0.2) is 0 Å². The number of aryl methyl sites for hydroxylation is 1. The highest BCUT2D eigenvalue weighted by molar-refractivity contribution is 5.92. The van der Waals surface area contributed by atoms with Crippen LogP contribution in [0, 0.1) is 0 Å². The van der Waals surface area contributed by atoms with Gasteiger partial charge in [-0.3, -0.25) is 4.79 Å². The molecule has 0 atom stereocenters. The summed E-state index contributed by atoms with van der Waals surface area (Å²) in [5, 5.41) is 8.97. The van der Waals surface area contributed by atoms with Crippen LogP contribution in [0.3, 0.4) is 0 Å². The number of hydrogen-bond donors (Lipinski definition) is 2. The Morgan fingerprint density at radius 2 is 2.27 bits per heavy atom. The Bertz CT molecular complexity index is 485. The number of fused-ring (bicyclic) bond motifs is 1. The lowest BCUT2D eigenvalue weighted by atomic mass is 10.0. The van der Waals surface area contributed by atoms with Crippen LogP contribution in [-0.4, -0.2) is 16.1 Å². The molecule has 0 bridgehead atoms. The van der Waals surface area contributed by atoms with E-state index in [9.17, 15) is 9.59 Å². The van der Waals surface area contributed by atoms with Crippen LogP contribution in [0.15, 0.2) is 16.9 Å². The summed E-state index contributed by atoms with van der Waals surface area (Å²) in [6.07, 6.45) is 6.29. The van der Waals surface area contributed by atoms with Crippen LogP contribution >= 0.6 is 0 Å². The van der Waals surface area contributed by atoms with Crippen LogP contribution in [0.25, 0.3) is 6.08 Å². The number of carboxylic acid groups (broad SMARTS) is 1. The van der Waals surface area contributed by atoms with Gasteiger partial charge in [-0.05, 0) is 19.3 Å². The second-order valence-corrected chi connectivity index (χ2v) is 3.54. The average Bonchev–Trinajstić information content (AvgIpc) is 2.41. The molecular formula is C11H11NO3. The fourth-order valence-corrected chi connectivity index (χ4v) is 1.79. The fraction of sp³-hybridized carbons (Fsp3) is 0.273. The first-order valence-electron chi connectivity index (χ1n) is 4.84. The molecule has 4 heteroatoms. The predicted octanol–water partition coefficient (Wildman–Crippen LogP) is 1.42. The number of nitrogens with one attached hydrogen (secondary N) is 1. The largest absolute Gasteiger partial charge is 0.478 e. The van der Waals surface area contributed by atoms with E-state index in [-0.39, 0.29) is 11.1 Å². The van der Waals surface area contributed by atoms with Gasteiger partial charge >= 0.3 is 5.97 Å². The molecule has 1 heterocycles. The number of H-pyrrole nitrogens is 1. The molecule has 2 rings (SSSR count). The molecule has 0 aliphatic heterocycles. The van der Waals surface area contributed by atoms with Crippen molar-refractivity contribution in [1.29, 1.82) is 0 Å². The van der Waals surface area contributed by atoms with E-state index in [1.807, 2.05) is 6.08 Å². The van der Waals surface area contributed by atoms with Crippen molar-refractivity contribution in [2.24, 2.45) is 0 Å². The quantitative estimate of drug-likeness (QED) is 0.728. The molecular weight excluding hydrogens is 194 g/mol. The second-order valence-electron chi connectivity index (χ2n) is 3.54. The van der Waals surface area contributed by atoms with Crippen molar-refractivity contribution in [3.05, 3.63) is 39.3 Å². The van der Waals surface area contributed by atoms with Gasteiger partial charge in [-0.15, -0.1) is 0 Å². The number of allylic oxidation sites excluding steroid dienone is 1. The van der Waals surface area contributed by atoms with Crippen molar-refractivity contribution >= 4 is 12.0 Å². The van der Waals surface area contributed by atoms with E-state index < -0.39 is 5.97 Å². The van der Waals surface area contributed by atoms with E-state index >= 15 is 0 Å². The molecule has 0 aromatic carbocycles. The zero-order valence-corrected chi connectivity index (χ0v) is 8.12. The normalized spacial score (nSPS) is 14.4. The molecule has 78 valence electrons. The van der Waals surface area contributed by atoms with E-state index in [1.54, 1.807) is 6.08 Å². The minimum Gasteiger partial charge on any atom is -0.478 e. The van der Waals surface area contributed by atoms with Gasteiger partial charge in [-0.25, -0.2) is 4.79 Å². The zero-order valence-electron chi connectivity index (χ0n) is 8.12. The van der Waals surface area contributed by atoms with Gasteiger partial charge in [0, 0.05) is 17.3 Å². The lowest BCUT2D eigenvalue weighted by Crippen LogP contribution is -2.15. The van der Waals surface area contributed by atoms with Gasteiger partial charge in [0.2, 0.25) is 5.56 Å². The van der Waals surface area contributed by atoms with Gasteiger partial charge < -0.3 is 10.1 Å². The van der Waals surface area contributed by atoms with Crippen molar-refractivity contribution in [3.63, 3.8) is 0 Å². The summed E-state index contributed by atoms with van der Waals surface area (Å²) in [6, 6.07) is 1.14. The molecule has 0 fully saturated rings. The van der Waals surface area contributed by atoms with Crippen molar-refractivity contribution in [2.45, 2.75) is 19.3 Å². The third-order valence-electron chi connectivity index (χ3n) is 2.48. The molecule has 2 N–H and O–H groups in total. The first-order valence-corrected chi connectivity index (χ1v) is 4.84. The van der Waals surface area contributed by atoms with E-state index in [1.165, 1.54) is 0 Å². The third kappa shape index (κ3) is 1.83. The zero-order chi connectivity index (χ0) is 10.8. The summed E-state index contributed by atoms with van der Waals surface area (Å²) in [4.78, 5) is 24.9. The maximum absolute atomic E-state index is 11.2. The summed E-state index contributed by atoms with van der Waals surface area (Å²) < 4.78 is 0. The molecule has 15 heavy (non-hydrogen) atoms. The predicted molar refractivity (Wildman–Crippen MR) is 56.0 cm³/mol. The molecule has 1 aliphatic carbocycles. The Hall–Kier alpha value is -1.84. The van der Waals surface area contributed by atoms with Gasteiger partial charge in [0.1, 0.15) is 0 Å². The molecule has 0 spiro atoms. The molecule has 0 amide bonds. The van der Waals surface area contributed by atoms with Crippen LogP contribution in [0.4, 0.5) is 0 Å². The summed E-state index contributed by atoms with van der Waals surface area (Å²) in [5.74, 6) is -1.05. The van der Waals surface area contributed by atoms with Crippen LogP contribution in [0.1, 0.15) is 34.5 Å². The Labute approximate surface area is 86.3 Å². The highest BCUT2D eigenvalue weighted by Crippen LogP contribution is 2.19. The van der Waals surface area contributed by atoms with Crippen molar-refractivity contribution in [3.8, 4) is 0 Å². The number of pyridine rings is 1. The van der Waals surface area contributed by atoms with Crippen LogP contribution in [0.2, 0.25) is 0 Å². The molecule has 0 saturated carbocycles. The fourth-order valence-electron chi connectivity index (χ4n) is 1.79. The average molecular weight is 205 g/mol. The molecule has 1 aliphatic rings. The van der Waals surface area contributed by atoms with E-state index in [4.69, 9.17) is 5.11 Å². The molecule has 0 saturated heterocycles. The molecule has 1 aromatic heterocycles. The highest BCUT2D eigenvalue weighted by Gasteiger charge is 2.14. The standard InChI is InChI=1S/C11H11NO3/c13-10-6-8(11(14)15)7-4-2-1-3-5-9(7)12-10/h2,4,6H,1,3,5H2,(H,12,13)(H,14,15). The van der Waals surface area contributed by atoms with Gasteiger partial charge in [0.25, 0.3) is 0 Å². The van der Waals surface area contributed by atoms with Crippen molar-refractivity contribution < 1.29 is 9.90 Å². The van der Waals surface area contributed by atoms with Crippen LogP contribution in [-0.2, 0) is 6.42 Å². The molecule has 0 radical (unpaired) electrons. The topological polar surface area (TPSA) is 70.2 Å². The maximum atomic E-state index is 11.2. The first-order chi connectivity index (χ1) is 7.18. The number of carboxylic acids is 1. The Morgan fingerprint density at radius 3 is 3.00 bits per heavy atom. The number of rotatable bonds is 1. The van der Waals surface area contributed by atoms with E-state index in [2.05, 4.69) is 4.98 Å². The molecule has 4 nitrogen and oxygen atoms in total. The first kappa shape index (κ1) is 9.71. The number of aromatic nitrogens is 1. The lowest BCUT2D eigenvalue weighted by molar-refractivity contribution is 0.0696. The maximum Gasteiger partial charge on any atom is 0.336 e.